The van der Waals surface area contributed by atoms with Gasteiger partial charge in [-0.25, -0.2) is 0 Å². The Morgan fingerprint density at radius 2 is 2.30 bits per heavy atom. The molecule has 106 valence electrons. The van der Waals surface area contributed by atoms with Gasteiger partial charge < -0.3 is 5.11 Å². The number of benzene rings is 1. The van der Waals surface area contributed by atoms with Gasteiger partial charge in [0.15, 0.2) is 0 Å². The molecule has 0 saturated carbocycles. The predicted octanol–water partition coefficient (Wildman–Crippen LogP) is 2.94. The van der Waals surface area contributed by atoms with Crippen LogP contribution >= 0.6 is 0 Å². The maximum atomic E-state index is 9.82. The minimum absolute atomic E-state index is 0.184. The maximum absolute atomic E-state index is 9.82. The summed E-state index contributed by atoms with van der Waals surface area (Å²) in [6.45, 7) is 6.84. The van der Waals surface area contributed by atoms with E-state index < -0.39 is 0 Å². The van der Waals surface area contributed by atoms with E-state index in [0.717, 1.165) is 32.4 Å². The zero-order valence-corrected chi connectivity index (χ0v) is 12.4. The largest absolute Gasteiger partial charge is 0.508 e. The Morgan fingerprint density at radius 1 is 1.50 bits per heavy atom. The van der Waals surface area contributed by atoms with Crippen molar-refractivity contribution in [3.8, 4) is 18.1 Å². The highest BCUT2D eigenvalue weighted by atomic mass is 16.3. The normalized spacial score (nSPS) is 32.5. The van der Waals surface area contributed by atoms with Crippen molar-refractivity contribution in [1.82, 2.24) is 4.90 Å². The molecule has 2 aliphatic rings. The summed E-state index contributed by atoms with van der Waals surface area (Å²) in [5.41, 5.74) is 2.94. The number of phenols is 1. The number of nitrogens with zero attached hydrogens (tertiary/aromatic N) is 1. The number of terminal acetylenes is 1. The second-order valence-corrected chi connectivity index (χ2v) is 6.56. The van der Waals surface area contributed by atoms with Crippen molar-refractivity contribution in [2.24, 2.45) is 5.92 Å². The van der Waals surface area contributed by atoms with Gasteiger partial charge in [0.2, 0.25) is 0 Å². The summed E-state index contributed by atoms with van der Waals surface area (Å²) in [5, 5.41) is 9.82. The summed E-state index contributed by atoms with van der Waals surface area (Å²) in [6.07, 6.45) is 8.48. The van der Waals surface area contributed by atoms with Gasteiger partial charge in [0.05, 0.1) is 0 Å². The summed E-state index contributed by atoms with van der Waals surface area (Å²) in [4.78, 5) is 2.57. The standard InChI is InChI=1S/C18H23NO/c1-4-5-9-19-10-8-18(3)13(2)17(19)11-14-6-7-15(20)12-16(14)18/h1,6-7,12-13,17,20H,5,8-11H2,2-3H3/t13-,17-,18-/m0/s1. The number of aromatic hydroxyl groups is 1. The molecule has 2 nitrogen and oxygen atoms in total. The van der Waals surface area contributed by atoms with E-state index in [9.17, 15) is 5.11 Å². The highest BCUT2D eigenvalue weighted by Crippen LogP contribution is 2.49. The first-order valence-electron chi connectivity index (χ1n) is 7.56. The number of fused-ring (bicyclic) bond motifs is 4. The third-order valence-electron chi connectivity index (χ3n) is 5.65. The second kappa shape index (κ2) is 4.82. The fourth-order valence-electron chi connectivity index (χ4n) is 4.18. The van der Waals surface area contributed by atoms with Crippen LogP contribution in [-0.2, 0) is 11.8 Å². The number of hydrogen-bond donors (Lipinski definition) is 1. The summed E-state index contributed by atoms with van der Waals surface area (Å²) >= 11 is 0. The lowest BCUT2D eigenvalue weighted by Gasteiger charge is -2.54. The molecule has 0 radical (unpaired) electrons. The van der Waals surface area contributed by atoms with Gasteiger partial charge in [0.25, 0.3) is 0 Å². The minimum Gasteiger partial charge on any atom is -0.508 e. The van der Waals surface area contributed by atoms with Crippen LogP contribution in [0.2, 0.25) is 0 Å². The molecule has 2 heteroatoms. The number of likely N-dealkylation sites (tertiary alicyclic amines) is 1. The molecule has 3 rings (SSSR count). The smallest absolute Gasteiger partial charge is 0.115 e. The Balaban J connectivity index is 1.98. The molecule has 0 aromatic heterocycles. The van der Waals surface area contributed by atoms with E-state index >= 15 is 0 Å². The predicted molar refractivity (Wildman–Crippen MR) is 81.8 cm³/mol. The molecule has 1 N–H and O–H groups in total. The molecule has 1 aromatic carbocycles. The highest BCUT2D eigenvalue weighted by Gasteiger charge is 2.48. The van der Waals surface area contributed by atoms with E-state index in [1.54, 1.807) is 0 Å². The van der Waals surface area contributed by atoms with Crippen molar-refractivity contribution in [2.45, 2.75) is 44.6 Å². The Labute approximate surface area is 121 Å². The lowest BCUT2D eigenvalue weighted by atomic mass is 9.59. The highest BCUT2D eigenvalue weighted by molar-refractivity contribution is 5.44. The number of phenolic OH excluding ortho intramolecular Hbond substituents is 1. The van der Waals surface area contributed by atoms with E-state index in [1.807, 2.05) is 12.1 Å². The van der Waals surface area contributed by atoms with Crippen molar-refractivity contribution < 1.29 is 5.11 Å². The van der Waals surface area contributed by atoms with Crippen LogP contribution in [0, 0.1) is 18.3 Å². The summed E-state index contributed by atoms with van der Waals surface area (Å²) in [7, 11) is 0. The van der Waals surface area contributed by atoms with E-state index in [-0.39, 0.29) is 5.41 Å². The van der Waals surface area contributed by atoms with Crippen LogP contribution in [0.4, 0.5) is 0 Å². The lowest BCUT2D eigenvalue weighted by Crippen LogP contribution is -2.58. The van der Waals surface area contributed by atoms with E-state index in [1.165, 1.54) is 11.1 Å². The van der Waals surface area contributed by atoms with Gasteiger partial charge in [-0.05, 0) is 54.0 Å². The molecule has 1 aliphatic carbocycles. The molecule has 2 bridgehead atoms. The monoisotopic (exact) mass is 269 g/mol. The third-order valence-corrected chi connectivity index (χ3v) is 5.65. The van der Waals surface area contributed by atoms with Crippen LogP contribution in [0.1, 0.15) is 37.8 Å². The first kappa shape index (κ1) is 13.5. The molecular formula is C18H23NO. The van der Waals surface area contributed by atoms with E-state index in [0.29, 0.717) is 17.7 Å². The molecule has 1 fully saturated rings. The molecule has 1 aliphatic heterocycles. The van der Waals surface area contributed by atoms with Gasteiger partial charge in [0.1, 0.15) is 5.75 Å². The van der Waals surface area contributed by atoms with Crippen LogP contribution in [0.15, 0.2) is 18.2 Å². The quantitative estimate of drug-likeness (QED) is 0.834. The molecule has 0 unspecified atom stereocenters. The average Bonchev–Trinajstić information content (AvgIpc) is 2.43. The molecule has 1 saturated heterocycles. The van der Waals surface area contributed by atoms with Gasteiger partial charge in [-0.15, -0.1) is 12.3 Å². The van der Waals surface area contributed by atoms with Crippen LogP contribution in [0.5, 0.6) is 5.75 Å². The van der Waals surface area contributed by atoms with Gasteiger partial charge in [0, 0.05) is 19.0 Å². The van der Waals surface area contributed by atoms with Crippen molar-refractivity contribution in [3.05, 3.63) is 29.3 Å². The van der Waals surface area contributed by atoms with Crippen molar-refractivity contribution in [2.75, 3.05) is 13.1 Å². The first-order chi connectivity index (χ1) is 9.56. The summed E-state index contributed by atoms with van der Waals surface area (Å²) in [6, 6.07) is 6.49. The van der Waals surface area contributed by atoms with Crippen molar-refractivity contribution in [3.63, 3.8) is 0 Å². The van der Waals surface area contributed by atoms with Crippen LogP contribution in [-0.4, -0.2) is 29.1 Å². The maximum Gasteiger partial charge on any atom is 0.115 e. The molecule has 1 heterocycles. The van der Waals surface area contributed by atoms with Crippen LogP contribution in [0.25, 0.3) is 0 Å². The Kier molecular flexibility index (Phi) is 3.26. The summed E-state index contributed by atoms with van der Waals surface area (Å²) in [5.74, 6) is 3.76. The second-order valence-electron chi connectivity index (χ2n) is 6.56. The average molecular weight is 269 g/mol. The van der Waals surface area contributed by atoms with Gasteiger partial charge in [-0.2, -0.15) is 0 Å². The third kappa shape index (κ3) is 1.93. The van der Waals surface area contributed by atoms with Gasteiger partial charge in [-0.3, -0.25) is 4.90 Å². The topological polar surface area (TPSA) is 23.5 Å². The number of piperidine rings is 1. The van der Waals surface area contributed by atoms with Gasteiger partial charge >= 0.3 is 0 Å². The molecule has 20 heavy (non-hydrogen) atoms. The fraction of sp³-hybridized carbons (Fsp3) is 0.556. The molecule has 3 atom stereocenters. The Morgan fingerprint density at radius 3 is 3.05 bits per heavy atom. The van der Waals surface area contributed by atoms with Crippen molar-refractivity contribution >= 4 is 0 Å². The number of hydrogen-bond acceptors (Lipinski definition) is 2. The van der Waals surface area contributed by atoms with E-state index in [4.69, 9.17) is 6.42 Å². The molecule has 0 spiro atoms. The zero-order valence-electron chi connectivity index (χ0n) is 12.4. The Bertz CT molecular complexity index is 559. The van der Waals surface area contributed by atoms with Gasteiger partial charge in [-0.1, -0.05) is 19.9 Å². The Hall–Kier alpha value is -1.46. The summed E-state index contributed by atoms with van der Waals surface area (Å²) < 4.78 is 0. The van der Waals surface area contributed by atoms with Crippen LogP contribution < -0.4 is 0 Å². The molecular weight excluding hydrogens is 246 g/mol. The fourth-order valence-corrected chi connectivity index (χ4v) is 4.18. The molecule has 0 amide bonds. The number of rotatable bonds is 2. The first-order valence-corrected chi connectivity index (χ1v) is 7.56. The minimum atomic E-state index is 0.184. The zero-order chi connectivity index (χ0) is 14.3. The van der Waals surface area contributed by atoms with E-state index in [2.05, 4.69) is 30.7 Å². The SMILES string of the molecule is C#CCCN1CC[C@]2(C)c3cc(O)ccc3C[C@H]1[C@@H]2C. The lowest BCUT2D eigenvalue weighted by molar-refractivity contribution is 0.0330. The van der Waals surface area contributed by atoms with Crippen LogP contribution in [0.3, 0.4) is 0 Å². The molecule has 1 aromatic rings. The van der Waals surface area contributed by atoms with Crippen molar-refractivity contribution in [1.29, 1.82) is 0 Å².